The first-order valence-electron chi connectivity index (χ1n) is 7.21. The molecule has 1 N–H and O–H groups in total. The number of carbonyl (C=O) groups excluding carboxylic acids is 1. The van der Waals surface area contributed by atoms with Gasteiger partial charge in [-0.05, 0) is 19.3 Å². The molecular weight excluding hydrogens is 212 g/mol. The summed E-state index contributed by atoms with van der Waals surface area (Å²) < 4.78 is 0. The van der Waals surface area contributed by atoms with Crippen molar-refractivity contribution in [3.8, 4) is 0 Å². The molecule has 0 atom stereocenters. The zero-order chi connectivity index (χ0) is 12.5. The van der Waals surface area contributed by atoms with Gasteiger partial charge in [0.2, 0.25) is 5.91 Å². The summed E-state index contributed by atoms with van der Waals surface area (Å²) >= 11 is 0. The number of unbranched alkanes of at least 4 members (excludes halogenated alkanes) is 1. The smallest absolute Gasteiger partial charge is 0.236 e. The van der Waals surface area contributed by atoms with E-state index in [0.29, 0.717) is 12.6 Å². The van der Waals surface area contributed by atoms with E-state index < -0.39 is 0 Å². The lowest BCUT2D eigenvalue weighted by Gasteiger charge is -2.20. The minimum Gasteiger partial charge on any atom is -0.345 e. The Morgan fingerprint density at radius 2 is 1.88 bits per heavy atom. The Morgan fingerprint density at radius 1 is 1.24 bits per heavy atom. The molecule has 1 fully saturated rings. The van der Waals surface area contributed by atoms with Gasteiger partial charge in [0.15, 0.2) is 0 Å². The fourth-order valence-electron chi connectivity index (χ4n) is 2.37. The van der Waals surface area contributed by atoms with E-state index in [1.807, 2.05) is 11.9 Å². The van der Waals surface area contributed by atoms with Crippen molar-refractivity contribution < 1.29 is 4.79 Å². The molecule has 1 amide bonds. The van der Waals surface area contributed by atoms with E-state index in [0.717, 1.165) is 19.4 Å². The molecule has 0 aromatic carbocycles. The van der Waals surface area contributed by atoms with Crippen LogP contribution in [-0.2, 0) is 4.79 Å². The third kappa shape index (κ3) is 6.06. The van der Waals surface area contributed by atoms with Gasteiger partial charge in [-0.3, -0.25) is 4.79 Å². The zero-order valence-corrected chi connectivity index (χ0v) is 11.5. The third-order valence-corrected chi connectivity index (χ3v) is 3.67. The summed E-state index contributed by atoms with van der Waals surface area (Å²) in [6.07, 6.45) is 10.1. The second kappa shape index (κ2) is 8.51. The van der Waals surface area contributed by atoms with Gasteiger partial charge in [-0.1, -0.05) is 39.0 Å². The van der Waals surface area contributed by atoms with E-state index in [-0.39, 0.29) is 5.91 Å². The van der Waals surface area contributed by atoms with Crippen LogP contribution in [0.25, 0.3) is 0 Å². The van der Waals surface area contributed by atoms with Crippen molar-refractivity contribution in [2.75, 3.05) is 20.1 Å². The molecule has 1 aliphatic rings. The van der Waals surface area contributed by atoms with Crippen LogP contribution in [0.1, 0.15) is 58.3 Å². The second-order valence-corrected chi connectivity index (χ2v) is 5.24. The quantitative estimate of drug-likeness (QED) is 0.724. The summed E-state index contributed by atoms with van der Waals surface area (Å²) in [5, 5.41) is 3.43. The van der Waals surface area contributed by atoms with E-state index in [2.05, 4.69) is 12.2 Å². The minimum atomic E-state index is 0.239. The molecule has 0 bridgehead atoms. The van der Waals surface area contributed by atoms with Crippen molar-refractivity contribution in [1.82, 2.24) is 10.2 Å². The van der Waals surface area contributed by atoms with Crippen LogP contribution >= 0.6 is 0 Å². The monoisotopic (exact) mass is 240 g/mol. The van der Waals surface area contributed by atoms with Crippen LogP contribution in [-0.4, -0.2) is 37.0 Å². The number of nitrogens with one attached hydrogen (secondary N) is 1. The van der Waals surface area contributed by atoms with Crippen LogP contribution in [0, 0.1) is 0 Å². The molecule has 0 radical (unpaired) electrons. The fraction of sp³-hybridized carbons (Fsp3) is 0.929. The molecule has 3 nitrogen and oxygen atoms in total. The Balaban J connectivity index is 2.17. The zero-order valence-electron chi connectivity index (χ0n) is 11.5. The van der Waals surface area contributed by atoms with Gasteiger partial charge < -0.3 is 10.2 Å². The highest BCUT2D eigenvalue weighted by Gasteiger charge is 2.14. The van der Waals surface area contributed by atoms with Crippen molar-refractivity contribution in [2.45, 2.75) is 64.3 Å². The van der Waals surface area contributed by atoms with Gasteiger partial charge in [0.05, 0.1) is 6.54 Å². The molecule has 0 heterocycles. The summed E-state index contributed by atoms with van der Waals surface area (Å²) in [6.45, 7) is 3.56. The average molecular weight is 240 g/mol. The summed E-state index contributed by atoms with van der Waals surface area (Å²) in [6, 6.07) is 0.570. The third-order valence-electron chi connectivity index (χ3n) is 3.67. The van der Waals surface area contributed by atoms with Gasteiger partial charge in [-0.25, -0.2) is 0 Å². The lowest BCUT2D eigenvalue weighted by atomic mass is 10.1. The number of amides is 1. The van der Waals surface area contributed by atoms with Crippen molar-refractivity contribution in [3.05, 3.63) is 0 Å². The first-order valence-corrected chi connectivity index (χ1v) is 7.21. The van der Waals surface area contributed by atoms with E-state index in [1.165, 1.54) is 38.5 Å². The van der Waals surface area contributed by atoms with Crippen molar-refractivity contribution in [2.24, 2.45) is 0 Å². The van der Waals surface area contributed by atoms with E-state index in [9.17, 15) is 4.79 Å². The predicted octanol–water partition coefficient (Wildman–Crippen LogP) is 2.56. The molecule has 3 heteroatoms. The number of likely N-dealkylation sites (N-methyl/N-ethyl adjacent to an activating group) is 1. The first kappa shape index (κ1) is 14.5. The van der Waals surface area contributed by atoms with Gasteiger partial charge >= 0.3 is 0 Å². The SMILES string of the molecule is CCCCN(C)C(=O)CNC1CCCCCC1. The first-order chi connectivity index (χ1) is 8.24. The van der Waals surface area contributed by atoms with Crippen molar-refractivity contribution in [3.63, 3.8) is 0 Å². The summed E-state index contributed by atoms with van der Waals surface area (Å²) in [5.41, 5.74) is 0. The maximum Gasteiger partial charge on any atom is 0.236 e. The maximum absolute atomic E-state index is 11.8. The molecule has 1 saturated carbocycles. The van der Waals surface area contributed by atoms with Gasteiger partial charge in [0.25, 0.3) is 0 Å². The van der Waals surface area contributed by atoms with Crippen LogP contribution in [0.4, 0.5) is 0 Å². The Bertz CT molecular complexity index is 210. The van der Waals surface area contributed by atoms with Crippen LogP contribution < -0.4 is 5.32 Å². The molecule has 17 heavy (non-hydrogen) atoms. The predicted molar refractivity (Wildman–Crippen MR) is 72.0 cm³/mol. The summed E-state index contributed by atoms with van der Waals surface area (Å²) in [4.78, 5) is 13.7. The Kier molecular flexibility index (Phi) is 7.25. The lowest BCUT2D eigenvalue weighted by molar-refractivity contribution is -0.129. The molecule has 0 spiro atoms. The number of hydrogen-bond donors (Lipinski definition) is 1. The van der Waals surface area contributed by atoms with Crippen LogP contribution in [0.5, 0.6) is 0 Å². The minimum absolute atomic E-state index is 0.239. The summed E-state index contributed by atoms with van der Waals surface area (Å²) in [5.74, 6) is 0.239. The Morgan fingerprint density at radius 3 is 2.47 bits per heavy atom. The van der Waals surface area contributed by atoms with E-state index in [4.69, 9.17) is 0 Å². The molecule has 0 aliphatic heterocycles. The molecule has 1 aliphatic carbocycles. The fourth-order valence-corrected chi connectivity index (χ4v) is 2.37. The highest BCUT2D eigenvalue weighted by Crippen LogP contribution is 2.16. The van der Waals surface area contributed by atoms with Crippen LogP contribution in [0.2, 0.25) is 0 Å². The maximum atomic E-state index is 11.8. The molecule has 100 valence electrons. The Labute approximate surface area is 106 Å². The van der Waals surface area contributed by atoms with E-state index >= 15 is 0 Å². The van der Waals surface area contributed by atoms with Gasteiger partial charge in [0, 0.05) is 19.6 Å². The number of rotatable bonds is 6. The molecular formula is C14H28N2O. The molecule has 0 aromatic heterocycles. The topological polar surface area (TPSA) is 32.3 Å². The number of hydrogen-bond acceptors (Lipinski definition) is 2. The highest BCUT2D eigenvalue weighted by atomic mass is 16.2. The van der Waals surface area contributed by atoms with Crippen molar-refractivity contribution >= 4 is 5.91 Å². The van der Waals surface area contributed by atoms with Gasteiger partial charge in [0.1, 0.15) is 0 Å². The van der Waals surface area contributed by atoms with Gasteiger partial charge in [-0.15, -0.1) is 0 Å². The number of nitrogens with zero attached hydrogens (tertiary/aromatic N) is 1. The van der Waals surface area contributed by atoms with Crippen LogP contribution in [0.15, 0.2) is 0 Å². The van der Waals surface area contributed by atoms with Gasteiger partial charge in [-0.2, -0.15) is 0 Å². The summed E-state index contributed by atoms with van der Waals surface area (Å²) in [7, 11) is 1.91. The standard InChI is InChI=1S/C14H28N2O/c1-3-4-11-16(2)14(17)12-15-13-9-7-5-6-8-10-13/h13,15H,3-12H2,1-2H3. The Hall–Kier alpha value is -0.570. The largest absolute Gasteiger partial charge is 0.345 e. The molecule has 0 unspecified atom stereocenters. The van der Waals surface area contributed by atoms with Crippen molar-refractivity contribution in [1.29, 1.82) is 0 Å². The van der Waals surface area contributed by atoms with Crippen LogP contribution in [0.3, 0.4) is 0 Å². The lowest BCUT2D eigenvalue weighted by Crippen LogP contribution is -2.40. The average Bonchev–Trinajstić information content (AvgIpc) is 2.61. The molecule has 1 rings (SSSR count). The molecule has 0 saturated heterocycles. The highest BCUT2D eigenvalue weighted by molar-refractivity contribution is 5.77. The number of carbonyl (C=O) groups is 1. The van der Waals surface area contributed by atoms with E-state index in [1.54, 1.807) is 0 Å². The molecule has 0 aromatic rings. The second-order valence-electron chi connectivity index (χ2n) is 5.24. The normalized spacial score (nSPS) is 17.8.